The van der Waals surface area contributed by atoms with E-state index in [1.54, 1.807) is 10.9 Å². The molecule has 0 atom stereocenters. The number of allylic oxidation sites excluding steroid dienone is 1. The number of hydrogen-bond donors (Lipinski definition) is 2. The Balaban J connectivity index is 1.50. The number of aryl methyl sites for hydroxylation is 1. The zero-order valence-electron chi connectivity index (χ0n) is 15.0. The Labute approximate surface area is 174 Å². The monoisotopic (exact) mass is 481 g/mol. The van der Waals surface area contributed by atoms with Crippen LogP contribution in [0.15, 0.2) is 48.2 Å². The normalized spacial score (nSPS) is 13.0. The lowest BCUT2D eigenvalue weighted by molar-refractivity contribution is 0.103. The standard InChI is InChI=1S/C21H16IN5O/c1-11-25-18-5-4-16(9-19(18)26-11)27-21(23)17(10-24-27)20(28)14-6-12-2-3-15(22)8-13(12)7-14/h2-5,7-10H,6,23H2,1H3,(H,25,26). The van der Waals surface area contributed by atoms with Gasteiger partial charge in [-0.05, 0) is 77.0 Å². The molecule has 3 N–H and O–H groups in total. The molecular weight excluding hydrogens is 465 g/mol. The number of aromatic nitrogens is 4. The van der Waals surface area contributed by atoms with Gasteiger partial charge in [-0.15, -0.1) is 0 Å². The number of nitrogens with two attached hydrogens (primary N) is 1. The molecule has 0 fully saturated rings. The molecule has 0 saturated heterocycles. The summed E-state index contributed by atoms with van der Waals surface area (Å²) in [5.74, 6) is 1.11. The van der Waals surface area contributed by atoms with Crippen LogP contribution in [0.4, 0.5) is 5.82 Å². The summed E-state index contributed by atoms with van der Waals surface area (Å²) < 4.78 is 2.74. The van der Waals surface area contributed by atoms with E-state index >= 15 is 0 Å². The van der Waals surface area contributed by atoms with Crippen molar-refractivity contribution in [3.05, 3.63) is 74.3 Å². The predicted octanol–water partition coefficient (Wildman–Crippen LogP) is 4.07. The Morgan fingerprint density at radius 3 is 2.96 bits per heavy atom. The summed E-state index contributed by atoms with van der Waals surface area (Å²) in [5.41, 5.74) is 12.3. The van der Waals surface area contributed by atoms with Gasteiger partial charge in [0.25, 0.3) is 0 Å². The minimum atomic E-state index is -0.0755. The first kappa shape index (κ1) is 17.2. The summed E-state index contributed by atoms with van der Waals surface area (Å²) >= 11 is 2.28. The first-order valence-corrected chi connectivity index (χ1v) is 9.91. The number of nitrogens with one attached hydrogen (secondary N) is 1. The highest BCUT2D eigenvalue weighted by atomic mass is 127. The Morgan fingerprint density at radius 1 is 1.25 bits per heavy atom. The van der Waals surface area contributed by atoms with E-state index in [1.807, 2.05) is 31.2 Å². The van der Waals surface area contributed by atoms with Crippen LogP contribution in [0.25, 0.3) is 22.8 Å². The van der Waals surface area contributed by atoms with Gasteiger partial charge in [-0.1, -0.05) is 6.07 Å². The van der Waals surface area contributed by atoms with Crippen LogP contribution in [-0.4, -0.2) is 25.5 Å². The fourth-order valence-electron chi connectivity index (χ4n) is 3.62. The van der Waals surface area contributed by atoms with E-state index in [9.17, 15) is 4.79 Å². The number of H-pyrrole nitrogens is 1. The minimum Gasteiger partial charge on any atom is -0.383 e. The number of imidazole rings is 1. The molecule has 6 nitrogen and oxygen atoms in total. The number of Topliss-reactive ketones (excluding diaryl/α,β-unsaturated/α-hetero) is 1. The second-order valence-electron chi connectivity index (χ2n) is 6.90. The van der Waals surface area contributed by atoms with Crippen molar-refractivity contribution in [2.45, 2.75) is 13.3 Å². The summed E-state index contributed by atoms with van der Waals surface area (Å²) in [6.07, 6.45) is 4.12. The maximum Gasteiger partial charge on any atom is 0.194 e. The first-order chi connectivity index (χ1) is 13.5. The average molecular weight is 481 g/mol. The van der Waals surface area contributed by atoms with Crippen LogP contribution < -0.4 is 5.73 Å². The van der Waals surface area contributed by atoms with Gasteiger partial charge in [-0.2, -0.15) is 5.10 Å². The highest BCUT2D eigenvalue weighted by molar-refractivity contribution is 14.1. The second kappa shape index (κ2) is 6.30. The smallest absolute Gasteiger partial charge is 0.194 e. The van der Waals surface area contributed by atoms with Gasteiger partial charge in [0.2, 0.25) is 0 Å². The lowest BCUT2D eigenvalue weighted by Crippen LogP contribution is -2.08. The van der Waals surface area contributed by atoms with E-state index in [2.05, 4.69) is 55.9 Å². The van der Waals surface area contributed by atoms with Crippen LogP contribution in [0.1, 0.15) is 27.3 Å². The van der Waals surface area contributed by atoms with E-state index < -0.39 is 0 Å². The van der Waals surface area contributed by atoms with Gasteiger partial charge in [0.15, 0.2) is 5.78 Å². The van der Waals surface area contributed by atoms with E-state index in [0.29, 0.717) is 17.8 Å². The topological polar surface area (TPSA) is 89.6 Å². The van der Waals surface area contributed by atoms with Crippen molar-refractivity contribution in [3.63, 3.8) is 0 Å². The van der Waals surface area contributed by atoms with E-state index in [4.69, 9.17) is 5.73 Å². The number of carbonyl (C=O) groups is 1. The number of benzene rings is 2. The molecule has 2 aromatic heterocycles. The van der Waals surface area contributed by atoms with Crippen molar-refractivity contribution in [2.24, 2.45) is 0 Å². The summed E-state index contributed by atoms with van der Waals surface area (Å²) in [6.45, 7) is 1.91. The van der Waals surface area contributed by atoms with Crippen molar-refractivity contribution in [3.8, 4) is 5.69 Å². The van der Waals surface area contributed by atoms with E-state index in [-0.39, 0.29) is 5.78 Å². The highest BCUT2D eigenvalue weighted by Gasteiger charge is 2.24. The number of nitrogens with zero attached hydrogens (tertiary/aromatic N) is 3. The van der Waals surface area contributed by atoms with Crippen molar-refractivity contribution in [1.82, 2.24) is 19.7 Å². The Kier molecular flexibility index (Phi) is 3.87. The van der Waals surface area contributed by atoms with E-state index in [1.165, 1.54) is 0 Å². The molecule has 0 bridgehead atoms. The molecule has 5 rings (SSSR count). The van der Waals surface area contributed by atoms with Gasteiger partial charge in [0.05, 0.1) is 28.5 Å². The van der Waals surface area contributed by atoms with Gasteiger partial charge in [0.1, 0.15) is 11.6 Å². The quantitative estimate of drug-likeness (QED) is 0.341. The third-order valence-electron chi connectivity index (χ3n) is 4.99. The summed E-state index contributed by atoms with van der Waals surface area (Å²) in [6, 6.07) is 12.0. The summed E-state index contributed by atoms with van der Waals surface area (Å²) in [7, 11) is 0. The van der Waals surface area contributed by atoms with Crippen LogP contribution >= 0.6 is 22.6 Å². The third kappa shape index (κ3) is 2.73. The molecule has 4 aromatic rings. The minimum absolute atomic E-state index is 0.0755. The van der Waals surface area contributed by atoms with E-state index in [0.717, 1.165) is 42.8 Å². The van der Waals surface area contributed by atoms with Crippen LogP contribution in [0.5, 0.6) is 0 Å². The fraction of sp³-hybridized carbons (Fsp3) is 0.0952. The largest absolute Gasteiger partial charge is 0.383 e. The molecule has 0 spiro atoms. The third-order valence-corrected chi connectivity index (χ3v) is 5.66. The zero-order valence-corrected chi connectivity index (χ0v) is 17.2. The molecule has 28 heavy (non-hydrogen) atoms. The fourth-order valence-corrected chi connectivity index (χ4v) is 4.13. The molecule has 1 aliphatic rings. The molecule has 2 heterocycles. The SMILES string of the molecule is Cc1nc2ccc(-n3ncc(C(=O)C4=Cc5cc(I)ccc5C4)c3N)cc2[nH]1. The number of rotatable bonds is 3. The highest BCUT2D eigenvalue weighted by Crippen LogP contribution is 2.30. The van der Waals surface area contributed by atoms with Gasteiger partial charge in [-0.3, -0.25) is 4.79 Å². The van der Waals surface area contributed by atoms with Crippen molar-refractivity contribution in [1.29, 1.82) is 0 Å². The maximum absolute atomic E-state index is 13.1. The number of fused-ring (bicyclic) bond motifs is 2. The molecule has 138 valence electrons. The lowest BCUT2D eigenvalue weighted by atomic mass is 10.0. The molecule has 1 aliphatic carbocycles. The number of anilines is 1. The average Bonchev–Trinajstić information content (AvgIpc) is 3.35. The lowest BCUT2D eigenvalue weighted by Gasteiger charge is -2.05. The van der Waals surface area contributed by atoms with Crippen LogP contribution in [-0.2, 0) is 6.42 Å². The van der Waals surface area contributed by atoms with Crippen molar-refractivity contribution >= 4 is 51.3 Å². The molecule has 2 aromatic carbocycles. The van der Waals surface area contributed by atoms with Crippen molar-refractivity contribution in [2.75, 3.05) is 5.73 Å². The van der Waals surface area contributed by atoms with Gasteiger partial charge in [0, 0.05) is 15.6 Å². The number of hydrogen-bond acceptors (Lipinski definition) is 4. The molecule has 0 aliphatic heterocycles. The molecule has 0 saturated carbocycles. The maximum atomic E-state index is 13.1. The molecule has 0 radical (unpaired) electrons. The van der Waals surface area contributed by atoms with Crippen LogP contribution in [0.2, 0.25) is 0 Å². The number of carbonyl (C=O) groups excluding carboxylic acids is 1. The summed E-state index contributed by atoms with van der Waals surface area (Å²) in [4.78, 5) is 20.7. The number of halogens is 1. The van der Waals surface area contributed by atoms with Gasteiger partial charge >= 0.3 is 0 Å². The Morgan fingerprint density at radius 2 is 2.11 bits per heavy atom. The molecule has 0 unspecified atom stereocenters. The van der Waals surface area contributed by atoms with Crippen LogP contribution in [0, 0.1) is 10.5 Å². The zero-order chi connectivity index (χ0) is 19.4. The number of nitrogen functional groups attached to an aromatic ring is 1. The first-order valence-electron chi connectivity index (χ1n) is 8.83. The predicted molar refractivity (Wildman–Crippen MR) is 118 cm³/mol. The summed E-state index contributed by atoms with van der Waals surface area (Å²) in [5, 5.41) is 4.36. The molecular formula is C21H16IN5O. The Hall–Kier alpha value is -2.94. The van der Waals surface area contributed by atoms with Crippen LogP contribution in [0.3, 0.4) is 0 Å². The number of ketones is 1. The molecule has 7 heteroatoms. The second-order valence-corrected chi connectivity index (χ2v) is 8.14. The van der Waals surface area contributed by atoms with Crippen molar-refractivity contribution < 1.29 is 4.79 Å². The van der Waals surface area contributed by atoms with Gasteiger partial charge < -0.3 is 10.7 Å². The number of aromatic amines is 1. The van der Waals surface area contributed by atoms with Gasteiger partial charge in [-0.25, -0.2) is 9.67 Å². The molecule has 0 amide bonds. The Bertz CT molecular complexity index is 1300.